The zero-order valence-corrected chi connectivity index (χ0v) is 19.1. The van der Waals surface area contributed by atoms with E-state index in [1.54, 1.807) is 41.0 Å². The van der Waals surface area contributed by atoms with Crippen LogP contribution in [0.4, 0.5) is 10.5 Å². The molecule has 0 spiro atoms. The van der Waals surface area contributed by atoms with Gasteiger partial charge in [-0.2, -0.15) is 0 Å². The Morgan fingerprint density at radius 2 is 1.91 bits per heavy atom. The highest BCUT2D eigenvalue weighted by Gasteiger charge is 2.18. The summed E-state index contributed by atoms with van der Waals surface area (Å²) >= 11 is 1.12. The minimum atomic E-state index is -0.664. The first-order valence-corrected chi connectivity index (χ1v) is 11.6. The number of carbonyl (C=O) groups is 2. The minimum absolute atomic E-state index is 0.0736. The molecule has 4 rings (SSSR count). The molecule has 0 bridgehead atoms. The minimum Gasteiger partial charge on any atom is -0.486 e. The Morgan fingerprint density at radius 3 is 2.70 bits per heavy atom. The third-order valence-corrected chi connectivity index (χ3v) is 6.15. The van der Waals surface area contributed by atoms with Gasteiger partial charge in [-0.25, -0.2) is 9.78 Å². The maximum absolute atomic E-state index is 13.0. The molecule has 0 saturated carbocycles. The fourth-order valence-corrected chi connectivity index (χ4v) is 4.27. The molecule has 0 fully saturated rings. The lowest BCUT2D eigenvalue weighted by Crippen LogP contribution is -2.35. The molecule has 9 nitrogen and oxygen atoms in total. The molecule has 1 aromatic heterocycles. The highest BCUT2D eigenvalue weighted by atomic mass is 32.2. The van der Waals surface area contributed by atoms with Crippen LogP contribution in [0.2, 0.25) is 0 Å². The molecule has 0 unspecified atom stereocenters. The molecule has 2 aromatic carbocycles. The third-order valence-electron chi connectivity index (χ3n) is 5.19. The van der Waals surface area contributed by atoms with Crippen LogP contribution in [0.25, 0.3) is 10.9 Å². The van der Waals surface area contributed by atoms with E-state index in [9.17, 15) is 14.4 Å². The van der Waals surface area contributed by atoms with E-state index in [2.05, 4.69) is 15.6 Å². The number of urea groups is 1. The van der Waals surface area contributed by atoms with Crippen molar-refractivity contribution in [2.45, 2.75) is 31.5 Å². The van der Waals surface area contributed by atoms with Crippen LogP contribution >= 0.6 is 11.8 Å². The van der Waals surface area contributed by atoms with Crippen LogP contribution in [0.1, 0.15) is 26.3 Å². The van der Waals surface area contributed by atoms with Gasteiger partial charge in [-0.15, -0.1) is 0 Å². The molecule has 1 aliphatic rings. The van der Waals surface area contributed by atoms with Crippen molar-refractivity contribution in [2.75, 3.05) is 24.3 Å². The van der Waals surface area contributed by atoms with Crippen LogP contribution in [0.3, 0.4) is 0 Å². The lowest BCUT2D eigenvalue weighted by Gasteiger charge is -2.19. The number of nitrogens with one attached hydrogen (secondary N) is 2. The number of thioether (sulfide) groups is 1. The molecule has 0 saturated heterocycles. The standard InChI is InChI=1S/C23H24N4O5S/c1-3-14(2)27-21(29)16-6-4-5-7-17(16)25-23(27)33-13-20(28)26-22(30)24-15-8-9-18-19(12-15)32-11-10-31-18/h4-9,12,14H,3,10-11,13H2,1-2H3,(H2,24,26,28,30)/t14-/m1/s1. The van der Waals surface area contributed by atoms with E-state index in [0.29, 0.717) is 46.5 Å². The Morgan fingerprint density at radius 1 is 1.15 bits per heavy atom. The number of carbonyl (C=O) groups excluding carboxylic acids is 2. The first-order chi connectivity index (χ1) is 16.0. The smallest absolute Gasteiger partial charge is 0.325 e. The summed E-state index contributed by atoms with van der Waals surface area (Å²) in [6.45, 7) is 4.82. The van der Waals surface area contributed by atoms with Crippen molar-refractivity contribution in [3.63, 3.8) is 0 Å². The molecular formula is C23H24N4O5S. The average molecular weight is 469 g/mol. The van der Waals surface area contributed by atoms with Crippen LogP contribution in [-0.2, 0) is 4.79 Å². The molecule has 1 aliphatic heterocycles. The lowest BCUT2D eigenvalue weighted by atomic mass is 10.2. The van der Waals surface area contributed by atoms with Crippen molar-refractivity contribution in [1.29, 1.82) is 0 Å². The van der Waals surface area contributed by atoms with Crippen molar-refractivity contribution in [2.24, 2.45) is 0 Å². The highest BCUT2D eigenvalue weighted by Crippen LogP contribution is 2.32. The Kier molecular flexibility index (Phi) is 6.83. The number of anilines is 1. The Labute approximate surface area is 194 Å². The zero-order chi connectivity index (χ0) is 23.4. The van der Waals surface area contributed by atoms with Crippen molar-refractivity contribution < 1.29 is 19.1 Å². The second-order valence-electron chi connectivity index (χ2n) is 7.49. The van der Waals surface area contributed by atoms with Crippen molar-refractivity contribution in [3.05, 3.63) is 52.8 Å². The molecule has 3 aromatic rings. The molecule has 10 heteroatoms. The molecule has 172 valence electrons. The summed E-state index contributed by atoms with van der Waals surface area (Å²) in [5.41, 5.74) is 0.898. The number of aromatic nitrogens is 2. The maximum atomic E-state index is 13.0. The van der Waals surface area contributed by atoms with Crippen molar-refractivity contribution in [1.82, 2.24) is 14.9 Å². The van der Waals surface area contributed by atoms with E-state index in [0.717, 1.165) is 18.2 Å². The molecule has 1 atom stereocenters. The quantitative estimate of drug-likeness (QED) is 0.420. The molecule has 3 amide bonds. The summed E-state index contributed by atoms with van der Waals surface area (Å²) in [4.78, 5) is 42.2. The van der Waals surface area contributed by atoms with E-state index in [4.69, 9.17) is 9.47 Å². The van der Waals surface area contributed by atoms with E-state index >= 15 is 0 Å². The van der Waals surface area contributed by atoms with Gasteiger partial charge in [0.2, 0.25) is 5.91 Å². The Hall–Kier alpha value is -3.53. The zero-order valence-electron chi connectivity index (χ0n) is 18.3. The average Bonchev–Trinajstić information content (AvgIpc) is 2.82. The van der Waals surface area contributed by atoms with Gasteiger partial charge in [-0.3, -0.25) is 19.5 Å². The molecule has 33 heavy (non-hydrogen) atoms. The van der Waals surface area contributed by atoms with Crippen LogP contribution in [0.5, 0.6) is 11.5 Å². The van der Waals surface area contributed by atoms with Gasteiger partial charge in [-0.05, 0) is 37.6 Å². The van der Waals surface area contributed by atoms with Crippen molar-refractivity contribution in [3.8, 4) is 11.5 Å². The first-order valence-electron chi connectivity index (χ1n) is 10.6. The van der Waals surface area contributed by atoms with E-state index in [1.165, 1.54) is 0 Å². The summed E-state index contributed by atoms with van der Waals surface area (Å²) in [5, 5.41) is 5.88. The number of imide groups is 1. The van der Waals surface area contributed by atoms with Gasteiger partial charge in [0.15, 0.2) is 16.7 Å². The number of fused-ring (bicyclic) bond motifs is 2. The number of hydrogen-bond donors (Lipinski definition) is 2. The summed E-state index contributed by atoms with van der Waals surface area (Å²) in [5.74, 6) is 0.560. The van der Waals surface area contributed by atoms with Crippen LogP contribution in [-0.4, -0.2) is 40.5 Å². The van der Waals surface area contributed by atoms with Gasteiger partial charge in [-0.1, -0.05) is 30.8 Å². The topological polar surface area (TPSA) is 112 Å². The summed E-state index contributed by atoms with van der Waals surface area (Å²) in [7, 11) is 0. The van der Waals surface area contributed by atoms with E-state index in [1.807, 2.05) is 19.9 Å². The normalized spacial score (nSPS) is 13.4. The van der Waals surface area contributed by atoms with Crippen LogP contribution in [0, 0.1) is 0 Å². The fraction of sp³-hybridized carbons (Fsp3) is 0.304. The number of nitrogens with zero attached hydrogens (tertiary/aromatic N) is 2. The molecule has 0 radical (unpaired) electrons. The summed E-state index contributed by atoms with van der Waals surface area (Å²) in [6.07, 6.45) is 0.734. The Balaban J connectivity index is 1.42. The number of ether oxygens (including phenoxy) is 2. The second-order valence-corrected chi connectivity index (χ2v) is 8.44. The second kappa shape index (κ2) is 9.95. The largest absolute Gasteiger partial charge is 0.486 e. The molecule has 2 heterocycles. The van der Waals surface area contributed by atoms with E-state index in [-0.39, 0.29) is 17.4 Å². The third kappa shape index (κ3) is 5.11. The van der Waals surface area contributed by atoms with Gasteiger partial charge >= 0.3 is 6.03 Å². The number of amides is 3. The number of hydrogen-bond acceptors (Lipinski definition) is 7. The highest BCUT2D eigenvalue weighted by molar-refractivity contribution is 7.99. The van der Waals surface area contributed by atoms with Crippen molar-refractivity contribution >= 4 is 40.3 Å². The van der Waals surface area contributed by atoms with Gasteiger partial charge in [0.05, 0.1) is 16.7 Å². The number of benzene rings is 2. The van der Waals surface area contributed by atoms with Crippen LogP contribution < -0.4 is 25.7 Å². The SMILES string of the molecule is CC[C@@H](C)n1c(SCC(=O)NC(=O)Nc2ccc3c(c2)OCCO3)nc2ccccc2c1=O. The monoisotopic (exact) mass is 468 g/mol. The molecule has 0 aliphatic carbocycles. The first kappa shape index (κ1) is 22.7. The fourth-order valence-electron chi connectivity index (χ4n) is 3.37. The summed E-state index contributed by atoms with van der Waals surface area (Å²) < 4.78 is 12.6. The van der Waals surface area contributed by atoms with Crippen LogP contribution in [0.15, 0.2) is 52.4 Å². The number of rotatable bonds is 6. The van der Waals surface area contributed by atoms with Gasteiger partial charge in [0.1, 0.15) is 13.2 Å². The van der Waals surface area contributed by atoms with Gasteiger partial charge < -0.3 is 14.8 Å². The van der Waals surface area contributed by atoms with Gasteiger partial charge in [0.25, 0.3) is 5.56 Å². The summed E-state index contributed by atoms with van der Waals surface area (Å²) in [6, 6.07) is 11.4. The number of para-hydroxylation sites is 1. The lowest BCUT2D eigenvalue weighted by molar-refractivity contribution is -0.117. The predicted molar refractivity (Wildman–Crippen MR) is 126 cm³/mol. The van der Waals surface area contributed by atoms with Gasteiger partial charge in [0, 0.05) is 17.8 Å². The van der Waals surface area contributed by atoms with E-state index < -0.39 is 11.9 Å². The molecule has 2 N–H and O–H groups in total. The Bertz CT molecular complexity index is 1260. The maximum Gasteiger partial charge on any atom is 0.325 e. The predicted octanol–water partition coefficient (Wildman–Crippen LogP) is 3.58. The molecular weight excluding hydrogens is 444 g/mol.